The summed E-state index contributed by atoms with van der Waals surface area (Å²) in [6, 6.07) is 0. The molecule has 2 heteroatoms. The van der Waals surface area contributed by atoms with E-state index in [0.717, 1.165) is 25.9 Å². The fourth-order valence-corrected chi connectivity index (χ4v) is 1.02. The normalized spacial score (nSPS) is 12.9. The number of rotatable bonds is 7. The molecule has 0 aliphatic heterocycles. The summed E-state index contributed by atoms with van der Waals surface area (Å²) in [5.74, 6) is 0.611. The van der Waals surface area contributed by atoms with Gasteiger partial charge in [-0.25, -0.2) is 0 Å². The van der Waals surface area contributed by atoms with Crippen molar-refractivity contribution in [1.82, 2.24) is 5.32 Å². The van der Waals surface area contributed by atoms with E-state index in [2.05, 4.69) is 18.8 Å². The number of aliphatic hydroxyl groups excluding tert-OH is 1. The van der Waals surface area contributed by atoms with Crippen molar-refractivity contribution in [2.45, 2.75) is 19.8 Å². The van der Waals surface area contributed by atoms with Crippen LogP contribution >= 0.6 is 0 Å². The highest BCUT2D eigenvalue weighted by Gasteiger charge is 2.02. The number of hydrogen-bond acceptors (Lipinski definition) is 2. The first-order chi connectivity index (χ1) is 5.35. The molecule has 0 amide bonds. The number of aliphatic hydroxyl groups is 1. The Morgan fingerprint density at radius 3 is 2.82 bits per heavy atom. The molecule has 0 aromatic rings. The third kappa shape index (κ3) is 6.07. The SMILES string of the molecule is C=CCNCC(CC)CCO. The Morgan fingerprint density at radius 2 is 2.36 bits per heavy atom. The van der Waals surface area contributed by atoms with E-state index in [9.17, 15) is 0 Å². The second kappa shape index (κ2) is 7.76. The quantitative estimate of drug-likeness (QED) is 0.429. The van der Waals surface area contributed by atoms with Crippen LogP contribution in [0.1, 0.15) is 19.8 Å². The molecule has 0 saturated carbocycles. The molecule has 0 radical (unpaired) electrons. The van der Waals surface area contributed by atoms with Gasteiger partial charge < -0.3 is 10.4 Å². The minimum Gasteiger partial charge on any atom is -0.396 e. The Labute approximate surface area is 69.3 Å². The summed E-state index contributed by atoms with van der Waals surface area (Å²) in [5, 5.41) is 11.9. The summed E-state index contributed by atoms with van der Waals surface area (Å²) in [5.41, 5.74) is 0. The molecule has 0 heterocycles. The molecule has 0 spiro atoms. The lowest BCUT2D eigenvalue weighted by molar-refractivity contribution is 0.252. The van der Waals surface area contributed by atoms with E-state index in [0.29, 0.717) is 12.5 Å². The van der Waals surface area contributed by atoms with E-state index in [4.69, 9.17) is 5.11 Å². The fourth-order valence-electron chi connectivity index (χ4n) is 1.02. The van der Waals surface area contributed by atoms with Gasteiger partial charge in [-0.1, -0.05) is 19.4 Å². The van der Waals surface area contributed by atoms with Gasteiger partial charge in [-0.15, -0.1) is 6.58 Å². The molecule has 1 atom stereocenters. The van der Waals surface area contributed by atoms with Gasteiger partial charge in [0.1, 0.15) is 0 Å². The monoisotopic (exact) mass is 157 g/mol. The van der Waals surface area contributed by atoms with Crippen LogP contribution in [0.25, 0.3) is 0 Å². The van der Waals surface area contributed by atoms with Crippen molar-refractivity contribution in [2.24, 2.45) is 5.92 Å². The lowest BCUT2D eigenvalue weighted by Gasteiger charge is -2.12. The topological polar surface area (TPSA) is 32.3 Å². The molecule has 0 aliphatic rings. The largest absolute Gasteiger partial charge is 0.396 e. The molecule has 0 bridgehead atoms. The van der Waals surface area contributed by atoms with E-state index in [-0.39, 0.29) is 0 Å². The molecule has 2 N–H and O–H groups in total. The van der Waals surface area contributed by atoms with Gasteiger partial charge in [-0.05, 0) is 18.9 Å². The van der Waals surface area contributed by atoms with Gasteiger partial charge in [-0.2, -0.15) is 0 Å². The van der Waals surface area contributed by atoms with Crippen LogP contribution in [-0.2, 0) is 0 Å². The van der Waals surface area contributed by atoms with Crippen molar-refractivity contribution < 1.29 is 5.11 Å². The second-order valence-corrected chi connectivity index (χ2v) is 2.73. The predicted octanol–water partition coefficient (Wildman–Crippen LogP) is 1.17. The lowest BCUT2D eigenvalue weighted by Crippen LogP contribution is -2.23. The molecule has 0 fully saturated rings. The van der Waals surface area contributed by atoms with E-state index in [1.54, 1.807) is 0 Å². The van der Waals surface area contributed by atoms with Gasteiger partial charge in [0.2, 0.25) is 0 Å². The summed E-state index contributed by atoms with van der Waals surface area (Å²) < 4.78 is 0. The zero-order valence-corrected chi connectivity index (χ0v) is 7.34. The van der Waals surface area contributed by atoms with Crippen molar-refractivity contribution in [1.29, 1.82) is 0 Å². The molecule has 0 saturated heterocycles. The van der Waals surface area contributed by atoms with Crippen molar-refractivity contribution >= 4 is 0 Å². The Morgan fingerprint density at radius 1 is 1.64 bits per heavy atom. The van der Waals surface area contributed by atoms with Crippen molar-refractivity contribution in [2.75, 3.05) is 19.7 Å². The summed E-state index contributed by atoms with van der Waals surface area (Å²) in [6.07, 6.45) is 3.89. The van der Waals surface area contributed by atoms with Gasteiger partial charge in [0.05, 0.1) is 0 Å². The van der Waals surface area contributed by atoms with Crippen LogP contribution in [0.5, 0.6) is 0 Å². The molecule has 11 heavy (non-hydrogen) atoms. The maximum atomic E-state index is 8.68. The molecule has 0 aromatic heterocycles. The van der Waals surface area contributed by atoms with Gasteiger partial charge in [0, 0.05) is 13.2 Å². The molecule has 0 aliphatic carbocycles. The minimum atomic E-state index is 0.300. The third-order valence-electron chi connectivity index (χ3n) is 1.84. The van der Waals surface area contributed by atoms with Crippen molar-refractivity contribution in [3.8, 4) is 0 Å². The first-order valence-corrected chi connectivity index (χ1v) is 4.27. The van der Waals surface area contributed by atoms with Crippen LogP contribution < -0.4 is 5.32 Å². The molecular formula is C9H19NO. The van der Waals surface area contributed by atoms with E-state index < -0.39 is 0 Å². The molecule has 0 rings (SSSR count). The van der Waals surface area contributed by atoms with Crippen LogP contribution in [0.4, 0.5) is 0 Å². The molecule has 2 nitrogen and oxygen atoms in total. The molecular weight excluding hydrogens is 138 g/mol. The summed E-state index contributed by atoms with van der Waals surface area (Å²) in [6.45, 7) is 7.92. The van der Waals surface area contributed by atoms with Crippen LogP contribution in [0.3, 0.4) is 0 Å². The Balaban J connectivity index is 3.27. The highest BCUT2D eigenvalue weighted by molar-refractivity contribution is 4.71. The van der Waals surface area contributed by atoms with Crippen LogP contribution in [0.2, 0.25) is 0 Å². The van der Waals surface area contributed by atoms with Gasteiger partial charge in [-0.3, -0.25) is 0 Å². The van der Waals surface area contributed by atoms with Crippen LogP contribution in [0, 0.1) is 5.92 Å². The summed E-state index contributed by atoms with van der Waals surface area (Å²) in [7, 11) is 0. The highest BCUT2D eigenvalue weighted by atomic mass is 16.3. The summed E-state index contributed by atoms with van der Waals surface area (Å²) >= 11 is 0. The Kier molecular flexibility index (Phi) is 7.52. The van der Waals surface area contributed by atoms with Crippen LogP contribution in [-0.4, -0.2) is 24.8 Å². The molecule has 0 aromatic carbocycles. The van der Waals surface area contributed by atoms with E-state index in [1.165, 1.54) is 0 Å². The van der Waals surface area contributed by atoms with Gasteiger partial charge in [0.25, 0.3) is 0 Å². The highest BCUT2D eigenvalue weighted by Crippen LogP contribution is 2.04. The van der Waals surface area contributed by atoms with Crippen molar-refractivity contribution in [3.05, 3.63) is 12.7 Å². The predicted molar refractivity (Wildman–Crippen MR) is 48.6 cm³/mol. The maximum Gasteiger partial charge on any atom is 0.0434 e. The summed E-state index contributed by atoms with van der Waals surface area (Å²) in [4.78, 5) is 0. The van der Waals surface area contributed by atoms with Gasteiger partial charge in [0.15, 0.2) is 0 Å². The zero-order chi connectivity index (χ0) is 8.53. The Bertz CT molecular complexity index is 93.6. The first-order valence-electron chi connectivity index (χ1n) is 4.27. The molecule has 1 unspecified atom stereocenters. The third-order valence-corrected chi connectivity index (χ3v) is 1.84. The second-order valence-electron chi connectivity index (χ2n) is 2.73. The van der Waals surface area contributed by atoms with E-state index >= 15 is 0 Å². The average molecular weight is 157 g/mol. The number of nitrogens with one attached hydrogen (secondary N) is 1. The zero-order valence-electron chi connectivity index (χ0n) is 7.34. The Hall–Kier alpha value is -0.340. The minimum absolute atomic E-state index is 0.300. The molecule has 66 valence electrons. The number of hydrogen-bond donors (Lipinski definition) is 2. The van der Waals surface area contributed by atoms with Crippen LogP contribution in [0.15, 0.2) is 12.7 Å². The fraction of sp³-hybridized carbons (Fsp3) is 0.778. The van der Waals surface area contributed by atoms with Gasteiger partial charge >= 0.3 is 0 Å². The average Bonchev–Trinajstić information content (AvgIpc) is 2.03. The first kappa shape index (κ1) is 10.7. The maximum absolute atomic E-state index is 8.68. The standard InChI is InChI=1S/C9H19NO/c1-3-6-10-8-9(4-2)5-7-11/h3,9-11H,1,4-8H2,2H3. The van der Waals surface area contributed by atoms with Crippen molar-refractivity contribution in [3.63, 3.8) is 0 Å². The lowest BCUT2D eigenvalue weighted by atomic mass is 10.0. The smallest absolute Gasteiger partial charge is 0.0434 e. The van der Waals surface area contributed by atoms with E-state index in [1.807, 2.05) is 6.08 Å².